The fourth-order valence-electron chi connectivity index (χ4n) is 1.44. The molecule has 0 aliphatic rings. The second-order valence-electron chi connectivity index (χ2n) is 3.84. The lowest BCUT2D eigenvalue weighted by atomic mass is 10.3. The molecule has 0 saturated carbocycles. The molecule has 2 rings (SSSR count). The van der Waals surface area contributed by atoms with Crippen LogP contribution < -0.4 is 4.72 Å². The summed E-state index contributed by atoms with van der Waals surface area (Å²) in [5.74, 6) is 0. The molecular formula is C12H6BrCl2N3O2S. The minimum Gasteiger partial charge on any atom is -0.277 e. The minimum absolute atomic E-state index is 0.0749. The molecule has 0 fully saturated rings. The SMILES string of the molecule is N#Cc1ccc(S(=O)(=O)Nc2c(Cl)cc(Br)cc2Cl)cn1. The van der Waals surface area contributed by atoms with Crippen LogP contribution in [0.2, 0.25) is 10.0 Å². The van der Waals surface area contributed by atoms with E-state index >= 15 is 0 Å². The highest BCUT2D eigenvalue weighted by Crippen LogP contribution is 2.35. The highest BCUT2D eigenvalue weighted by Gasteiger charge is 2.18. The van der Waals surface area contributed by atoms with Gasteiger partial charge in [0.05, 0.1) is 15.7 Å². The van der Waals surface area contributed by atoms with Crippen molar-refractivity contribution in [2.45, 2.75) is 4.90 Å². The summed E-state index contributed by atoms with van der Waals surface area (Å²) in [6.45, 7) is 0. The minimum atomic E-state index is -3.90. The molecule has 5 nitrogen and oxygen atoms in total. The van der Waals surface area contributed by atoms with Crippen LogP contribution in [0.15, 0.2) is 39.8 Å². The standard InChI is InChI=1S/C12H6BrCl2N3O2S/c13-7-3-10(14)12(11(15)4-7)18-21(19,20)9-2-1-8(5-16)17-6-9/h1-4,6,18H. The quantitative estimate of drug-likeness (QED) is 0.839. The van der Waals surface area contributed by atoms with E-state index in [0.29, 0.717) is 4.47 Å². The maximum atomic E-state index is 12.2. The third-order valence-corrected chi connectivity index (χ3v) is 4.79. The molecule has 1 aromatic heterocycles. The number of nitriles is 1. The van der Waals surface area contributed by atoms with Crippen molar-refractivity contribution in [1.29, 1.82) is 5.26 Å². The van der Waals surface area contributed by atoms with Gasteiger partial charge in [-0.15, -0.1) is 0 Å². The van der Waals surface area contributed by atoms with Crippen molar-refractivity contribution in [3.8, 4) is 6.07 Å². The van der Waals surface area contributed by atoms with Crippen LogP contribution in [0.25, 0.3) is 0 Å². The van der Waals surface area contributed by atoms with Gasteiger partial charge in [-0.1, -0.05) is 39.1 Å². The van der Waals surface area contributed by atoms with E-state index in [0.717, 1.165) is 6.20 Å². The lowest BCUT2D eigenvalue weighted by Gasteiger charge is -2.11. The molecule has 0 spiro atoms. The summed E-state index contributed by atoms with van der Waals surface area (Å²) in [6.07, 6.45) is 1.08. The fourth-order valence-corrected chi connectivity index (χ4v) is 3.90. The second kappa shape index (κ2) is 6.20. The van der Waals surface area contributed by atoms with Gasteiger partial charge >= 0.3 is 0 Å². The number of hydrogen-bond acceptors (Lipinski definition) is 4. The lowest BCUT2D eigenvalue weighted by molar-refractivity contribution is 0.601. The van der Waals surface area contributed by atoms with Gasteiger partial charge in [0.25, 0.3) is 10.0 Å². The van der Waals surface area contributed by atoms with Crippen molar-refractivity contribution in [3.05, 3.63) is 50.7 Å². The molecule has 0 bridgehead atoms. The molecule has 0 amide bonds. The smallest absolute Gasteiger partial charge is 0.263 e. The Morgan fingerprint density at radius 1 is 1.24 bits per heavy atom. The van der Waals surface area contributed by atoms with E-state index in [4.69, 9.17) is 28.5 Å². The summed E-state index contributed by atoms with van der Waals surface area (Å²) in [4.78, 5) is 3.61. The average Bonchev–Trinajstić information content (AvgIpc) is 2.43. The van der Waals surface area contributed by atoms with Crippen molar-refractivity contribution in [2.75, 3.05) is 4.72 Å². The molecule has 1 heterocycles. The van der Waals surface area contributed by atoms with Crippen molar-refractivity contribution < 1.29 is 8.42 Å². The molecular weight excluding hydrogens is 401 g/mol. The summed E-state index contributed by atoms with van der Waals surface area (Å²) >= 11 is 15.2. The van der Waals surface area contributed by atoms with Crippen molar-refractivity contribution >= 4 is 54.8 Å². The Hall–Kier alpha value is -1.33. The predicted octanol–water partition coefficient (Wildman–Crippen LogP) is 3.82. The molecule has 0 unspecified atom stereocenters. The molecule has 0 aliphatic heterocycles. The summed E-state index contributed by atoms with van der Waals surface area (Å²) in [5.41, 5.74) is 0.194. The van der Waals surface area contributed by atoms with Crippen molar-refractivity contribution in [1.82, 2.24) is 4.98 Å². The Bertz CT molecular complexity index is 810. The van der Waals surface area contributed by atoms with E-state index in [-0.39, 0.29) is 26.3 Å². The van der Waals surface area contributed by atoms with E-state index < -0.39 is 10.0 Å². The molecule has 21 heavy (non-hydrogen) atoms. The normalized spacial score (nSPS) is 11.0. The summed E-state index contributed by atoms with van der Waals surface area (Å²) in [6, 6.07) is 7.42. The lowest BCUT2D eigenvalue weighted by Crippen LogP contribution is -2.14. The zero-order chi connectivity index (χ0) is 15.6. The van der Waals surface area contributed by atoms with Crippen LogP contribution in [0.1, 0.15) is 5.69 Å². The molecule has 108 valence electrons. The number of aromatic nitrogens is 1. The van der Waals surface area contributed by atoms with Crippen LogP contribution >= 0.6 is 39.1 Å². The first-order chi connectivity index (χ1) is 9.83. The number of nitrogens with zero attached hydrogens (tertiary/aromatic N) is 2. The molecule has 0 radical (unpaired) electrons. The maximum Gasteiger partial charge on any atom is 0.263 e. The van der Waals surface area contributed by atoms with E-state index in [2.05, 4.69) is 25.6 Å². The Morgan fingerprint density at radius 3 is 2.33 bits per heavy atom. The van der Waals surface area contributed by atoms with Gasteiger partial charge in [-0.3, -0.25) is 4.72 Å². The zero-order valence-electron chi connectivity index (χ0n) is 10.1. The first kappa shape index (κ1) is 16.0. The van der Waals surface area contributed by atoms with Crippen molar-refractivity contribution in [3.63, 3.8) is 0 Å². The van der Waals surface area contributed by atoms with Crippen LogP contribution in [-0.2, 0) is 10.0 Å². The Labute approximate surface area is 139 Å². The molecule has 1 N–H and O–H groups in total. The number of rotatable bonds is 3. The number of pyridine rings is 1. The summed E-state index contributed by atoms with van der Waals surface area (Å²) in [5, 5.41) is 8.95. The van der Waals surface area contributed by atoms with Gasteiger partial charge in [0.1, 0.15) is 16.7 Å². The highest BCUT2D eigenvalue weighted by atomic mass is 79.9. The van der Waals surface area contributed by atoms with Gasteiger partial charge in [-0.05, 0) is 24.3 Å². The van der Waals surface area contributed by atoms with Gasteiger partial charge in [-0.2, -0.15) is 5.26 Å². The summed E-state index contributed by atoms with van der Waals surface area (Å²) < 4.78 is 27.4. The first-order valence-corrected chi connectivity index (χ1v) is 8.40. The van der Waals surface area contributed by atoms with Crippen LogP contribution in [0, 0.1) is 11.3 Å². The molecule has 9 heteroatoms. The first-order valence-electron chi connectivity index (χ1n) is 5.37. The second-order valence-corrected chi connectivity index (χ2v) is 7.25. The Balaban J connectivity index is 2.40. The third-order valence-electron chi connectivity index (χ3n) is 2.40. The average molecular weight is 407 g/mol. The maximum absolute atomic E-state index is 12.2. The van der Waals surface area contributed by atoms with E-state index in [1.54, 1.807) is 6.07 Å². The number of hydrogen-bond donors (Lipinski definition) is 1. The number of halogens is 3. The predicted molar refractivity (Wildman–Crippen MR) is 83.9 cm³/mol. The van der Waals surface area contributed by atoms with Gasteiger partial charge in [0, 0.05) is 10.7 Å². The van der Waals surface area contributed by atoms with Crippen LogP contribution in [-0.4, -0.2) is 13.4 Å². The Kier molecular flexibility index (Phi) is 4.74. The van der Waals surface area contributed by atoms with E-state index in [1.807, 2.05) is 0 Å². The number of nitrogens with one attached hydrogen (secondary N) is 1. The van der Waals surface area contributed by atoms with Crippen LogP contribution in [0.5, 0.6) is 0 Å². The van der Waals surface area contributed by atoms with Gasteiger partial charge in [-0.25, -0.2) is 13.4 Å². The fraction of sp³-hybridized carbons (Fsp3) is 0. The molecule has 0 aliphatic carbocycles. The number of anilines is 1. The topological polar surface area (TPSA) is 82.8 Å². The highest BCUT2D eigenvalue weighted by molar-refractivity contribution is 9.10. The molecule has 0 saturated heterocycles. The third kappa shape index (κ3) is 3.66. The van der Waals surface area contributed by atoms with Crippen LogP contribution in [0.4, 0.5) is 5.69 Å². The van der Waals surface area contributed by atoms with E-state index in [1.165, 1.54) is 24.3 Å². The zero-order valence-corrected chi connectivity index (χ0v) is 14.1. The summed E-state index contributed by atoms with van der Waals surface area (Å²) in [7, 11) is -3.90. The Morgan fingerprint density at radius 2 is 1.86 bits per heavy atom. The molecule has 1 aromatic carbocycles. The van der Waals surface area contributed by atoms with Gasteiger partial charge in [0.2, 0.25) is 0 Å². The van der Waals surface area contributed by atoms with Crippen LogP contribution in [0.3, 0.4) is 0 Å². The molecule has 2 aromatic rings. The molecule has 0 atom stereocenters. The number of benzene rings is 1. The van der Waals surface area contributed by atoms with Crippen molar-refractivity contribution in [2.24, 2.45) is 0 Å². The van der Waals surface area contributed by atoms with Gasteiger partial charge < -0.3 is 0 Å². The number of sulfonamides is 1. The monoisotopic (exact) mass is 405 g/mol. The van der Waals surface area contributed by atoms with Gasteiger partial charge in [0.15, 0.2) is 0 Å². The largest absolute Gasteiger partial charge is 0.277 e. The van der Waals surface area contributed by atoms with E-state index in [9.17, 15) is 8.42 Å².